The molecule has 0 aromatic heterocycles. The fourth-order valence-electron chi connectivity index (χ4n) is 5.45. The van der Waals surface area contributed by atoms with Gasteiger partial charge < -0.3 is 0 Å². The summed E-state index contributed by atoms with van der Waals surface area (Å²) in [5.74, 6) is 0. The molecule has 0 amide bonds. The van der Waals surface area contributed by atoms with Gasteiger partial charge in [-0.3, -0.25) is 9.21 Å². The Bertz CT molecular complexity index is 1260. The summed E-state index contributed by atoms with van der Waals surface area (Å²) in [7, 11) is -3.63. The maximum Gasteiger partial charge on any atom is 0.264 e. The van der Waals surface area contributed by atoms with E-state index in [0.717, 1.165) is 49.2 Å². The Kier molecular flexibility index (Phi) is 7.36. The summed E-state index contributed by atoms with van der Waals surface area (Å²) in [5.41, 5.74) is 7.41. The normalized spacial score (nSPS) is 17.2. The number of anilines is 1. The van der Waals surface area contributed by atoms with Crippen LogP contribution in [0.1, 0.15) is 46.7 Å². The van der Waals surface area contributed by atoms with Crippen molar-refractivity contribution >= 4 is 28.1 Å². The van der Waals surface area contributed by atoms with Gasteiger partial charge in [-0.15, -0.1) is 12.4 Å². The minimum Gasteiger partial charge on any atom is -0.296 e. The van der Waals surface area contributed by atoms with Crippen LogP contribution in [0.5, 0.6) is 0 Å². The first kappa shape index (κ1) is 24.8. The summed E-state index contributed by atoms with van der Waals surface area (Å²) < 4.78 is 28.9. The van der Waals surface area contributed by atoms with E-state index in [-0.39, 0.29) is 12.4 Å². The predicted molar refractivity (Wildman–Crippen MR) is 142 cm³/mol. The molecule has 180 valence electrons. The van der Waals surface area contributed by atoms with E-state index in [2.05, 4.69) is 23.1 Å². The molecule has 1 atom stereocenters. The molecule has 3 aromatic carbocycles. The molecule has 1 aliphatic carbocycles. The van der Waals surface area contributed by atoms with Crippen LogP contribution in [0.15, 0.2) is 71.6 Å². The third-order valence-electron chi connectivity index (χ3n) is 7.12. The molecular formula is C28H33ClN2O2S. The molecule has 1 unspecified atom stereocenters. The predicted octanol–water partition coefficient (Wildman–Crippen LogP) is 5.86. The van der Waals surface area contributed by atoms with E-state index >= 15 is 0 Å². The second-order valence-corrected chi connectivity index (χ2v) is 11.3. The van der Waals surface area contributed by atoms with E-state index in [1.54, 1.807) is 22.0 Å². The highest BCUT2D eigenvalue weighted by molar-refractivity contribution is 7.92. The quantitative estimate of drug-likeness (QED) is 0.411. The van der Waals surface area contributed by atoms with E-state index < -0.39 is 10.0 Å². The Labute approximate surface area is 210 Å². The number of rotatable bonds is 7. The molecular weight excluding hydrogens is 464 g/mol. The first-order valence-electron chi connectivity index (χ1n) is 11.9. The fraction of sp³-hybridized carbons (Fsp3) is 0.357. The Balaban J connectivity index is 0.00000274. The number of hydrogen-bond acceptors (Lipinski definition) is 3. The van der Waals surface area contributed by atoms with Gasteiger partial charge in [0.05, 0.1) is 10.6 Å². The van der Waals surface area contributed by atoms with Gasteiger partial charge in [0.15, 0.2) is 0 Å². The van der Waals surface area contributed by atoms with Crippen LogP contribution in [-0.2, 0) is 22.9 Å². The van der Waals surface area contributed by atoms with Crippen LogP contribution >= 0.6 is 12.4 Å². The van der Waals surface area contributed by atoms with Crippen LogP contribution in [0, 0.1) is 13.8 Å². The lowest BCUT2D eigenvalue weighted by molar-refractivity contribution is 0.185. The van der Waals surface area contributed by atoms with Crippen molar-refractivity contribution in [1.82, 2.24) is 4.90 Å². The molecule has 0 radical (unpaired) electrons. The highest BCUT2D eigenvalue weighted by atomic mass is 35.5. The van der Waals surface area contributed by atoms with Crippen molar-refractivity contribution in [3.8, 4) is 0 Å². The topological polar surface area (TPSA) is 40.6 Å². The van der Waals surface area contributed by atoms with Crippen molar-refractivity contribution in [2.75, 3.05) is 23.9 Å². The van der Waals surface area contributed by atoms with Gasteiger partial charge in [-0.1, -0.05) is 48.0 Å². The lowest BCUT2D eigenvalue weighted by Crippen LogP contribution is -2.38. The van der Waals surface area contributed by atoms with Crippen LogP contribution in [0.3, 0.4) is 0 Å². The third-order valence-corrected chi connectivity index (χ3v) is 8.96. The van der Waals surface area contributed by atoms with Crippen molar-refractivity contribution < 1.29 is 8.42 Å². The van der Waals surface area contributed by atoms with Crippen LogP contribution in [-0.4, -0.2) is 33.0 Å². The number of hydrogen-bond donors (Lipinski definition) is 0. The summed E-state index contributed by atoms with van der Waals surface area (Å²) in [4.78, 5) is 2.92. The van der Waals surface area contributed by atoms with Gasteiger partial charge in [-0.05, 0) is 86.1 Å². The van der Waals surface area contributed by atoms with Gasteiger partial charge in [0.25, 0.3) is 10.0 Å². The van der Waals surface area contributed by atoms with E-state index in [1.165, 1.54) is 17.5 Å². The molecule has 5 rings (SSSR count). The van der Waals surface area contributed by atoms with Crippen LogP contribution < -0.4 is 4.31 Å². The molecule has 6 heteroatoms. The van der Waals surface area contributed by atoms with Crippen LogP contribution in [0.25, 0.3) is 0 Å². The number of benzene rings is 3. The van der Waals surface area contributed by atoms with E-state index in [9.17, 15) is 8.42 Å². The first-order valence-corrected chi connectivity index (χ1v) is 13.4. The van der Waals surface area contributed by atoms with Crippen molar-refractivity contribution in [3.05, 3.63) is 94.5 Å². The summed E-state index contributed by atoms with van der Waals surface area (Å²) in [6, 6.07) is 22.2. The zero-order valence-corrected chi connectivity index (χ0v) is 21.5. The lowest BCUT2D eigenvalue weighted by Gasteiger charge is -2.35. The highest BCUT2D eigenvalue weighted by Crippen LogP contribution is 2.41. The van der Waals surface area contributed by atoms with Gasteiger partial charge in [-0.2, -0.15) is 0 Å². The zero-order valence-electron chi connectivity index (χ0n) is 19.9. The molecule has 0 spiro atoms. The molecule has 0 fully saturated rings. The van der Waals surface area contributed by atoms with Crippen molar-refractivity contribution in [1.29, 1.82) is 0 Å². The second-order valence-electron chi connectivity index (χ2n) is 9.41. The Morgan fingerprint density at radius 3 is 2.35 bits per heavy atom. The van der Waals surface area contributed by atoms with Gasteiger partial charge in [-0.25, -0.2) is 8.42 Å². The van der Waals surface area contributed by atoms with Crippen LogP contribution in [0.4, 0.5) is 5.69 Å². The largest absolute Gasteiger partial charge is 0.296 e. The molecule has 3 aromatic rings. The van der Waals surface area contributed by atoms with Crippen molar-refractivity contribution in [2.24, 2.45) is 0 Å². The monoisotopic (exact) mass is 496 g/mol. The Morgan fingerprint density at radius 2 is 1.62 bits per heavy atom. The second kappa shape index (κ2) is 10.1. The zero-order chi connectivity index (χ0) is 23.0. The Hall–Kier alpha value is -2.34. The SMILES string of the molecule is Cc1ccc(S(=O)(=O)N(CCCN2CCc3cccc4c3C2CC4)c2cccc(C)c2)cc1.Cl. The molecule has 1 heterocycles. The summed E-state index contributed by atoms with van der Waals surface area (Å²) in [5, 5.41) is 0. The number of nitrogens with zero attached hydrogens (tertiary/aromatic N) is 2. The average molecular weight is 497 g/mol. The molecule has 0 bridgehead atoms. The lowest BCUT2D eigenvalue weighted by atomic mass is 9.93. The van der Waals surface area contributed by atoms with E-state index in [1.807, 2.05) is 50.2 Å². The summed E-state index contributed by atoms with van der Waals surface area (Å²) in [6.07, 6.45) is 4.22. The Morgan fingerprint density at radius 1 is 0.912 bits per heavy atom. The fourth-order valence-corrected chi connectivity index (χ4v) is 6.94. The molecule has 1 aliphatic heterocycles. The molecule has 0 saturated heterocycles. The number of halogens is 1. The average Bonchev–Trinajstić information content (AvgIpc) is 3.24. The van der Waals surface area contributed by atoms with Gasteiger partial charge in [0.2, 0.25) is 0 Å². The van der Waals surface area contributed by atoms with Crippen molar-refractivity contribution in [3.63, 3.8) is 0 Å². The van der Waals surface area contributed by atoms with E-state index in [4.69, 9.17) is 0 Å². The minimum absolute atomic E-state index is 0. The number of sulfonamides is 1. The van der Waals surface area contributed by atoms with Gasteiger partial charge >= 0.3 is 0 Å². The highest BCUT2D eigenvalue weighted by Gasteiger charge is 2.33. The molecule has 34 heavy (non-hydrogen) atoms. The third kappa shape index (κ3) is 4.74. The maximum atomic E-state index is 13.6. The van der Waals surface area contributed by atoms with Gasteiger partial charge in [0.1, 0.15) is 0 Å². The number of aryl methyl sites for hydroxylation is 3. The van der Waals surface area contributed by atoms with E-state index in [0.29, 0.717) is 17.5 Å². The summed E-state index contributed by atoms with van der Waals surface area (Å²) in [6.45, 7) is 6.40. The molecule has 2 aliphatic rings. The molecule has 0 N–H and O–H groups in total. The smallest absolute Gasteiger partial charge is 0.264 e. The maximum absolute atomic E-state index is 13.6. The summed E-state index contributed by atoms with van der Waals surface area (Å²) >= 11 is 0. The first-order chi connectivity index (χ1) is 15.9. The van der Waals surface area contributed by atoms with Crippen molar-refractivity contribution in [2.45, 2.75) is 50.5 Å². The minimum atomic E-state index is -3.63. The van der Waals surface area contributed by atoms with Gasteiger partial charge in [0, 0.05) is 25.7 Å². The van der Waals surface area contributed by atoms with Crippen LogP contribution in [0.2, 0.25) is 0 Å². The molecule has 0 saturated carbocycles. The standard InChI is InChI=1S/C28H32N2O2S.ClH/c1-21-10-13-26(14-11-21)33(31,32)30(25-9-3-6-22(2)20-25)18-5-17-29-19-16-24-8-4-7-23-12-15-27(29)28(23)24;/h3-4,6-11,13-14,20,27H,5,12,15-19H2,1-2H3;1H. The molecule has 4 nitrogen and oxygen atoms in total.